The van der Waals surface area contributed by atoms with Gasteiger partial charge in [-0.2, -0.15) is 0 Å². The molecular formula is C11H16ClNO3. The molecule has 0 aromatic rings. The predicted octanol–water partition coefficient (Wildman–Crippen LogP) is 2.15. The van der Waals surface area contributed by atoms with Gasteiger partial charge in [-0.1, -0.05) is 0 Å². The Morgan fingerprint density at radius 3 is 2.44 bits per heavy atom. The molecule has 0 aromatic heterocycles. The molecule has 2 rings (SSSR count). The van der Waals surface area contributed by atoms with Crippen LogP contribution in [0.3, 0.4) is 0 Å². The zero-order valence-corrected chi connectivity index (χ0v) is 10.5. The second-order valence-electron chi connectivity index (χ2n) is 5.51. The maximum atomic E-state index is 11.9. The van der Waals surface area contributed by atoms with Crippen LogP contribution in [-0.2, 0) is 9.53 Å². The van der Waals surface area contributed by atoms with Gasteiger partial charge >= 0.3 is 6.09 Å². The predicted molar refractivity (Wildman–Crippen MR) is 59.2 cm³/mol. The fourth-order valence-corrected chi connectivity index (χ4v) is 2.43. The number of halogens is 1. The molecular weight excluding hydrogens is 230 g/mol. The third-order valence-corrected chi connectivity index (χ3v) is 3.22. The number of hydrogen-bond acceptors (Lipinski definition) is 3. The van der Waals surface area contributed by atoms with Crippen LogP contribution in [-0.4, -0.2) is 33.9 Å². The third-order valence-electron chi connectivity index (χ3n) is 2.97. The summed E-state index contributed by atoms with van der Waals surface area (Å²) in [5.41, 5.74) is -0.538. The van der Waals surface area contributed by atoms with Gasteiger partial charge in [-0.15, -0.1) is 0 Å². The van der Waals surface area contributed by atoms with Gasteiger partial charge in [-0.05, 0) is 51.1 Å². The molecule has 90 valence electrons. The topological polar surface area (TPSA) is 46.6 Å². The van der Waals surface area contributed by atoms with Gasteiger partial charge in [0.2, 0.25) is 5.24 Å². The second-order valence-corrected chi connectivity index (χ2v) is 5.88. The van der Waals surface area contributed by atoms with Crippen LogP contribution in [0.15, 0.2) is 0 Å². The lowest BCUT2D eigenvalue weighted by Crippen LogP contribution is -2.44. The summed E-state index contributed by atoms with van der Waals surface area (Å²) in [5.74, 6) is 0.445. The van der Waals surface area contributed by atoms with Crippen molar-refractivity contribution >= 4 is 22.9 Å². The highest BCUT2D eigenvalue weighted by atomic mass is 35.5. The minimum atomic E-state index is -0.538. The fraction of sp³-hybridized carbons (Fsp3) is 0.818. The van der Waals surface area contributed by atoms with Crippen LogP contribution in [0.1, 0.15) is 33.6 Å². The number of ether oxygens (including phenoxy) is 1. The van der Waals surface area contributed by atoms with E-state index >= 15 is 0 Å². The summed E-state index contributed by atoms with van der Waals surface area (Å²) in [6, 6.07) is -0.317. The quantitative estimate of drug-likeness (QED) is 0.665. The molecule has 0 spiro atoms. The van der Waals surface area contributed by atoms with Crippen molar-refractivity contribution in [3.63, 3.8) is 0 Å². The number of piperidine rings is 1. The van der Waals surface area contributed by atoms with E-state index in [2.05, 4.69) is 0 Å². The molecule has 3 atom stereocenters. The van der Waals surface area contributed by atoms with Gasteiger partial charge in [-0.3, -0.25) is 9.69 Å². The maximum Gasteiger partial charge on any atom is 0.411 e. The van der Waals surface area contributed by atoms with Crippen LogP contribution in [0.4, 0.5) is 4.79 Å². The zero-order valence-electron chi connectivity index (χ0n) is 9.70. The van der Waals surface area contributed by atoms with Crippen LogP contribution in [0.25, 0.3) is 0 Å². The van der Waals surface area contributed by atoms with Gasteiger partial charge < -0.3 is 4.74 Å². The molecule has 0 bridgehead atoms. The molecule has 1 aliphatic heterocycles. The van der Waals surface area contributed by atoms with Crippen molar-refractivity contribution in [3.05, 3.63) is 0 Å². The van der Waals surface area contributed by atoms with E-state index in [0.717, 1.165) is 6.42 Å². The summed E-state index contributed by atoms with van der Waals surface area (Å²) < 4.78 is 5.28. The lowest BCUT2D eigenvalue weighted by atomic mass is 10.2. The molecule has 5 heteroatoms. The lowest BCUT2D eigenvalue weighted by Gasteiger charge is -2.28. The van der Waals surface area contributed by atoms with E-state index in [-0.39, 0.29) is 6.04 Å². The molecule has 1 aliphatic carbocycles. The molecule has 4 nitrogen and oxygen atoms in total. The summed E-state index contributed by atoms with van der Waals surface area (Å²) in [7, 11) is 0. The average molecular weight is 246 g/mol. The van der Waals surface area contributed by atoms with Crippen LogP contribution in [0.2, 0.25) is 0 Å². The highest BCUT2D eigenvalue weighted by molar-refractivity contribution is 6.64. The van der Waals surface area contributed by atoms with Crippen molar-refractivity contribution in [2.75, 3.05) is 0 Å². The molecule has 0 unspecified atom stereocenters. The molecule has 2 fully saturated rings. The Morgan fingerprint density at radius 2 is 1.94 bits per heavy atom. The first-order chi connectivity index (χ1) is 7.29. The Hall–Kier alpha value is -0.770. The number of amides is 1. The summed E-state index contributed by atoms with van der Waals surface area (Å²) in [6.45, 7) is 5.43. The molecule has 0 aromatic carbocycles. The molecule has 1 amide bonds. The third kappa shape index (κ3) is 2.17. The van der Waals surface area contributed by atoms with Gasteiger partial charge in [0.25, 0.3) is 0 Å². The first kappa shape index (κ1) is 11.7. The van der Waals surface area contributed by atoms with Gasteiger partial charge in [0.15, 0.2) is 0 Å². The maximum absolute atomic E-state index is 11.9. The van der Waals surface area contributed by atoms with E-state index in [4.69, 9.17) is 16.3 Å². The second kappa shape index (κ2) is 3.62. The van der Waals surface area contributed by atoms with Gasteiger partial charge in [0, 0.05) is 6.04 Å². The Balaban J connectivity index is 2.07. The Labute approximate surface area is 99.9 Å². The van der Waals surface area contributed by atoms with Gasteiger partial charge in [0.1, 0.15) is 11.6 Å². The van der Waals surface area contributed by atoms with Gasteiger partial charge in [0.05, 0.1) is 0 Å². The highest BCUT2D eigenvalue weighted by Gasteiger charge is 2.56. The molecule has 1 saturated carbocycles. The highest BCUT2D eigenvalue weighted by Crippen LogP contribution is 2.48. The number of carbonyl (C=O) groups is 2. The number of nitrogens with zero attached hydrogens (tertiary/aromatic N) is 1. The van der Waals surface area contributed by atoms with Crippen molar-refractivity contribution < 1.29 is 14.3 Å². The van der Waals surface area contributed by atoms with Crippen molar-refractivity contribution in [3.8, 4) is 0 Å². The Morgan fingerprint density at radius 1 is 1.31 bits per heavy atom. The summed E-state index contributed by atoms with van der Waals surface area (Å²) in [4.78, 5) is 24.6. The SMILES string of the molecule is CC(C)(C)OC(=O)N1[C@@H]2C[C@@H]2C[C@H]1C(=O)Cl. The van der Waals surface area contributed by atoms with Crippen LogP contribution in [0.5, 0.6) is 0 Å². The Kier molecular flexibility index (Phi) is 2.65. The van der Waals surface area contributed by atoms with Crippen LogP contribution in [0, 0.1) is 5.92 Å². The minimum absolute atomic E-state index is 0.169. The lowest BCUT2D eigenvalue weighted by molar-refractivity contribution is -0.116. The molecule has 16 heavy (non-hydrogen) atoms. The standard InChI is InChI=1S/C11H16ClNO3/c1-11(2,3)16-10(15)13-7-4-6(7)5-8(13)9(12)14/h6-8H,4-5H2,1-3H3/t6-,7-,8+/m1/s1. The van der Waals surface area contributed by atoms with E-state index in [1.54, 1.807) is 0 Å². The average Bonchev–Trinajstić information content (AvgIpc) is 2.73. The number of fused-ring (bicyclic) bond motifs is 1. The van der Waals surface area contributed by atoms with Crippen LogP contribution >= 0.6 is 11.6 Å². The summed E-state index contributed by atoms with van der Waals surface area (Å²) >= 11 is 5.49. The molecule has 0 radical (unpaired) electrons. The summed E-state index contributed by atoms with van der Waals surface area (Å²) in [6.07, 6.45) is 1.24. The number of carbonyl (C=O) groups excluding carboxylic acids is 2. The van der Waals surface area contributed by atoms with E-state index in [1.807, 2.05) is 20.8 Å². The van der Waals surface area contributed by atoms with E-state index in [0.29, 0.717) is 12.3 Å². The van der Waals surface area contributed by atoms with Gasteiger partial charge in [-0.25, -0.2) is 4.79 Å². The van der Waals surface area contributed by atoms with Crippen molar-refractivity contribution in [1.82, 2.24) is 4.90 Å². The molecule has 0 N–H and O–H groups in total. The van der Waals surface area contributed by atoms with Crippen molar-refractivity contribution in [2.24, 2.45) is 5.92 Å². The van der Waals surface area contributed by atoms with E-state index < -0.39 is 23.0 Å². The normalized spacial score (nSPS) is 32.2. The zero-order chi connectivity index (χ0) is 12.1. The first-order valence-electron chi connectivity index (χ1n) is 5.50. The smallest absolute Gasteiger partial charge is 0.411 e. The summed E-state index contributed by atoms with van der Waals surface area (Å²) in [5, 5.41) is -0.460. The molecule has 1 heterocycles. The first-order valence-corrected chi connectivity index (χ1v) is 5.88. The number of hydrogen-bond donors (Lipinski definition) is 0. The minimum Gasteiger partial charge on any atom is -0.444 e. The van der Waals surface area contributed by atoms with Crippen LogP contribution < -0.4 is 0 Å². The van der Waals surface area contributed by atoms with Crippen molar-refractivity contribution in [1.29, 1.82) is 0 Å². The van der Waals surface area contributed by atoms with E-state index in [1.165, 1.54) is 4.90 Å². The molecule has 2 aliphatic rings. The Bertz CT molecular complexity index is 337. The fourth-order valence-electron chi connectivity index (χ4n) is 2.24. The number of rotatable bonds is 1. The molecule has 1 saturated heterocycles. The monoisotopic (exact) mass is 245 g/mol. The number of likely N-dealkylation sites (tertiary alicyclic amines) is 1. The van der Waals surface area contributed by atoms with Crippen molar-refractivity contribution in [2.45, 2.75) is 51.3 Å². The largest absolute Gasteiger partial charge is 0.444 e. The van der Waals surface area contributed by atoms with E-state index in [9.17, 15) is 9.59 Å².